The molecule has 2 aromatic carbocycles. The number of hydrogen-bond donors (Lipinski definition) is 0. The molecule has 0 N–H and O–H groups in total. The SMILES string of the molecule is Cc1cccc(C2=N/C(=C\c3ccc(Br)c([N+](=O)[O-])c3)C(=O)O2)c1. The van der Waals surface area contributed by atoms with E-state index < -0.39 is 10.9 Å². The summed E-state index contributed by atoms with van der Waals surface area (Å²) in [7, 11) is 0. The number of halogens is 1. The molecule has 0 aromatic heterocycles. The Hall–Kier alpha value is -2.80. The molecule has 120 valence electrons. The van der Waals surface area contributed by atoms with Crippen molar-refractivity contribution in [2.75, 3.05) is 0 Å². The Kier molecular flexibility index (Phi) is 4.26. The molecule has 0 aliphatic carbocycles. The van der Waals surface area contributed by atoms with Gasteiger partial charge in [0.25, 0.3) is 5.69 Å². The number of nitro benzene ring substituents is 1. The number of hydrogen-bond acceptors (Lipinski definition) is 5. The lowest BCUT2D eigenvalue weighted by atomic mass is 10.1. The fraction of sp³-hybridized carbons (Fsp3) is 0.0588. The van der Waals surface area contributed by atoms with Crippen molar-refractivity contribution >= 4 is 39.6 Å². The van der Waals surface area contributed by atoms with E-state index in [0.717, 1.165) is 5.56 Å². The van der Waals surface area contributed by atoms with Crippen LogP contribution in [0.15, 0.2) is 57.6 Å². The van der Waals surface area contributed by atoms with Gasteiger partial charge in [-0.2, -0.15) is 0 Å². The van der Waals surface area contributed by atoms with E-state index in [1.54, 1.807) is 18.2 Å². The fourth-order valence-electron chi connectivity index (χ4n) is 2.23. The van der Waals surface area contributed by atoms with E-state index in [1.165, 1.54) is 12.1 Å². The summed E-state index contributed by atoms with van der Waals surface area (Å²) in [5.41, 5.74) is 2.23. The number of carbonyl (C=O) groups is 1. The molecule has 1 heterocycles. The number of aryl methyl sites for hydroxylation is 1. The minimum atomic E-state index is -0.586. The molecular weight excluding hydrogens is 376 g/mol. The first kappa shape index (κ1) is 16.1. The first-order valence-electron chi connectivity index (χ1n) is 6.97. The van der Waals surface area contributed by atoms with Crippen LogP contribution in [-0.4, -0.2) is 16.8 Å². The van der Waals surface area contributed by atoms with Crippen molar-refractivity contribution in [3.63, 3.8) is 0 Å². The van der Waals surface area contributed by atoms with Crippen LogP contribution < -0.4 is 0 Å². The average molecular weight is 387 g/mol. The third-order valence-corrected chi connectivity index (χ3v) is 4.03. The highest BCUT2D eigenvalue weighted by molar-refractivity contribution is 9.10. The van der Waals surface area contributed by atoms with Gasteiger partial charge in [-0.15, -0.1) is 0 Å². The number of aliphatic imine (C=N–C) groups is 1. The molecule has 0 saturated carbocycles. The molecule has 0 unspecified atom stereocenters. The van der Waals surface area contributed by atoms with Gasteiger partial charge in [-0.3, -0.25) is 10.1 Å². The van der Waals surface area contributed by atoms with Crippen molar-refractivity contribution in [1.82, 2.24) is 0 Å². The zero-order valence-corrected chi connectivity index (χ0v) is 14.1. The molecule has 6 nitrogen and oxygen atoms in total. The van der Waals surface area contributed by atoms with Crippen molar-refractivity contribution in [3.05, 3.63) is 79.4 Å². The average Bonchev–Trinajstić information content (AvgIpc) is 2.90. The van der Waals surface area contributed by atoms with Crippen molar-refractivity contribution in [2.45, 2.75) is 6.92 Å². The molecular formula is C17H11BrN2O4. The van der Waals surface area contributed by atoms with Gasteiger partial charge in [0.1, 0.15) is 0 Å². The number of benzene rings is 2. The number of carbonyl (C=O) groups excluding carboxylic acids is 1. The van der Waals surface area contributed by atoms with E-state index in [4.69, 9.17) is 4.74 Å². The summed E-state index contributed by atoms with van der Waals surface area (Å²) in [6, 6.07) is 12.0. The highest BCUT2D eigenvalue weighted by Gasteiger charge is 2.24. The molecule has 3 rings (SSSR count). The van der Waals surface area contributed by atoms with Gasteiger partial charge in [-0.05, 0) is 52.7 Å². The summed E-state index contributed by atoms with van der Waals surface area (Å²) >= 11 is 3.12. The molecule has 0 bridgehead atoms. The van der Waals surface area contributed by atoms with Crippen molar-refractivity contribution in [1.29, 1.82) is 0 Å². The molecule has 0 amide bonds. The Morgan fingerprint density at radius 3 is 2.75 bits per heavy atom. The van der Waals surface area contributed by atoms with E-state index in [0.29, 0.717) is 15.6 Å². The molecule has 0 fully saturated rings. The number of rotatable bonds is 3. The van der Waals surface area contributed by atoms with Gasteiger partial charge < -0.3 is 4.74 Å². The van der Waals surface area contributed by atoms with Crippen LogP contribution in [0.5, 0.6) is 0 Å². The van der Waals surface area contributed by atoms with Gasteiger partial charge in [0.15, 0.2) is 5.70 Å². The molecule has 2 aromatic rings. The predicted molar refractivity (Wildman–Crippen MR) is 92.6 cm³/mol. The van der Waals surface area contributed by atoms with Crippen LogP contribution in [0.2, 0.25) is 0 Å². The van der Waals surface area contributed by atoms with Gasteiger partial charge in [-0.1, -0.05) is 23.8 Å². The summed E-state index contributed by atoms with van der Waals surface area (Å²) < 4.78 is 5.56. The van der Waals surface area contributed by atoms with E-state index in [9.17, 15) is 14.9 Å². The third-order valence-electron chi connectivity index (χ3n) is 3.36. The van der Waals surface area contributed by atoms with Crippen LogP contribution in [0.4, 0.5) is 5.69 Å². The summed E-state index contributed by atoms with van der Waals surface area (Å²) in [4.78, 5) is 26.7. The van der Waals surface area contributed by atoms with Gasteiger partial charge in [0.05, 0.1) is 9.40 Å². The molecule has 0 atom stereocenters. The first-order chi connectivity index (χ1) is 11.4. The smallest absolute Gasteiger partial charge is 0.363 e. The van der Waals surface area contributed by atoms with Crippen molar-refractivity contribution < 1.29 is 14.5 Å². The largest absolute Gasteiger partial charge is 0.402 e. The maximum Gasteiger partial charge on any atom is 0.363 e. The second-order valence-corrected chi connectivity index (χ2v) is 6.03. The number of nitro groups is 1. The summed E-state index contributed by atoms with van der Waals surface area (Å²) in [5, 5.41) is 11.0. The number of ether oxygens (including phenoxy) is 1. The van der Waals surface area contributed by atoms with Gasteiger partial charge in [0, 0.05) is 11.6 Å². The standard InChI is InChI=1S/C17H11BrN2O4/c1-10-3-2-4-12(7-10)16-19-14(17(21)24-16)8-11-5-6-13(18)15(9-11)20(22)23/h2-9H,1H3/b14-8-. The molecule has 0 radical (unpaired) electrons. The topological polar surface area (TPSA) is 81.8 Å². The van der Waals surface area contributed by atoms with Crippen LogP contribution in [0.1, 0.15) is 16.7 Å². The number of esters is 1. The Morgan fingerprint density at radius 1 is 1.25 bits per heavy atom. The minimum absolute atomic E-state index is 0.0846. The molecule has 0 saturated heterocycles. The first-order valence-corrected chi connectivity index (χ1v) is 7.77. The maximum atomic E-state index is 12.0. The monoisotopic (exact) mass is 386 g/mol. The Bertz CT molecular complexity index is 919. The van der Waals surface area contributed by atoms with E-state index >= 15 is 0 Å². The third kappa shape index (κ3) is 3.26. The van der Waals surface area contributed by atoms with E-state index in [1.807, 2.05) is 25.1 Å². The lowest BCUT2D eigenvalue weighted by Crippen LogP contribution is -2.05. The summed E-state index contributed by atoms with van der Waals surface area (Å²) in [5.74, 6) is -0.362. The van der Waals surface area contributed by atoms with Crippen LogP contribution in [0.25, 0.3) is 6.08 Å². The van der Waals surface area contributed by atoms with Crippen LogP contribution in [0.3, 0.4) is 0 Å². The van der Waals surface area contributed by atoms with Crippen molar-refractivity contribution in [3.8, 4) is 0 Å². The molecule has 1 aliphatic rings. The van der Waals surface area contributed by atoms with Gasteiger partial charge in [-0.25, -0.2) is 9.79 Å². The Balaban J connectivity index is 1.97. The number of cyclic esters (lactones) is 1. The second kappa shape index (κ2) is 6.37. The zero-order valence-electron chi connectivity index (χ0n) is 12.5. The lowest BCUT2D eigenvalue weighted by molar-refractivity contribution is -0.385. The zero-order chi connectivity index (χ0) is 17.3. The highest BCUT2D eigenvalue weighted by atomic mass is 79.9. The molecule has 7 heteroatoms. The maximum absolute atomic E-state index is 12.0. The normalized spacial score (nSPS) is 15.3. The molecule has 24 heavy (non-hydrogen) atoms. The summed E-state index contributed by atoms with van der Waals surface area (Å²) in [6.45, 7) is 1.93. The predicted octanol–water partition coefficient (Wildman–Crippen LogP) is 4.01. The molecule has 0 spiro atoms. The van der Waals surface area contributed by atoms with E-state index in [-0.39, 0.29) is 17.3 Å². The van der Waals surface area contributed by atoms with Gasteiger partial charge in [0.2, 0.25) is 5.90 Å². The van der Waals surface area contributed by atoms with Crippen LogP contribution in [-0.2, 0) is 9.53 Å². The van der Waals surface area contributed by atoms with Crippen molar-refractivity contribution in [2.24, 2.45) is 4.99 Å². The quantitative estimate of drug-likeness (QED) is 0.345. The lowest BCUT2D eigenvalue weighted by Gasteiger charge is -1.99. The highest BCUT2D eigenvalue weighted by Crippen LogP contribution is 2.27. The fourth-order valence-corrected chi connectivity index (χ4v) is 2.62. The second-order valence-electron chi connectivity index (χ2n) is 5.17. The Morgan fingerprint density at radius 2 is 2.04 bits per heavy atom. The Labute approximate surface area is 145 Å². The minimum Gasteiger partial charge on any atom is -0.402 e. The van der Waals surface area contributed by atoms with Crippen LogP contribution >= 0.6 is 15.9 Å². The molecule has 1 aliphatic heterocycles. The van der Waals surface area contributed by atoms with E-state index in [2.05, 4.69) is 20.9 Å². The van der Waals surface area contributed by atoms with Gasteiger partial charge >= 0.3 is 5.97 Å². The number of nitrogens with zero attached hydrogens (tertiary/aromatic N) is 2. The summed E-state index contributed by atoms with van der Waals surface area (Å²) in [6.07, 6.45) is 1.46. The van der Waals surface area contributed by atoms with Crippen LogP contribution in [0, 0.1) is 17.0 Å².